The fraction of sp³-hybridized carbons (Fsp3) is 0.200. The topological polar surface area (TPSA) is 104 Å². The van der Waals surface area contributed by atoms with Crippen LogP contribution in [0.3, 0.4) is 0 Å². The van der Waals surface area contributed by atoms with Crippen LogP contribution in [-0.2, 0) is 6.61 Å². The highest BCUT2D eigenvalue weighted by atomic mass is 16.5. The fourth-order valence-electron chi connectivity index (χ4n) is 4.87. The van der Waals surface area contributed by atoms with Crippen LogP contribution in [0.15, 0.2) is 78.9 Å². The summed E-state index contributed by atoms with van der Waals surface area (Å²) in [5, 5.41) is 24.0. The van der Waals surface area contributed by atoms with Gasteiger partial charge in [-0.05, 0) is 65.8 Å². The molecule has 3 aromatic carbocycles. The number of nitrogens with zero attached hydrogens (tertiary/aromatic N) is 2. The second-order valence-corrected chi connectivity index (χ2v) is 8.97. The van der Waals surface area contributed by atoms with Crippen molar-refractivity contribution >= 4 is 5.82 Å². The van der Waals surface area contributed by atoms with Crippen molar-refractivity contribution in [2.45, 2.75) is 25.4 Å². The van der Waals surface area contributed by atoms with Gasteiger partial charge in [-0.2, -0.15) is 5.26 Å². The summed E-state index contributed by atoms with van der Waals surface area (Å²) in [4.78, 5) is 4.51. The molecule has 2 heterocycles. The number of nitrogen functional groups attached to an aromatic ring is 1. The zero-order chi connectivity index (χ0) is 24.9. The van der Waals surface area contributed by atoms with Crippen LogP contribution in [0.2, 0.25) is 0 Å². The summed E-state index contributed by atoms with van der Waals surface area (Å²) in [6, 6.07) is 27.6. The van der Waals surface area contributed by atoms with Gasteiger partial charge in [0.05, 0.1) is 16.8 Å². The van der Waals surface area contributed by atoms with E-state index in [0.29, 0.717) is 29.2 Å². The number of aromatic nitrogens is 1. The first kappa shape index (κ1) is 23.4. The third-order valence-electron chi connectivity index (χ3n) is 6.67. The Hall–Kier alpha value is -4.34. The molecular weight excluding hydrogens is 448 g/mol. The number of nitrogens with one attached hydrogen (secondary N) is 1. The first-order chi connectivity index (χ1) is 17.7. The molecule has 4 aromatic rings. The van der Waals surface area contributed by atoms with Gasteiger partial charge in [-0.1, -0.05) is 60.7 Å². The molecule has 0 radical (unpaired) electrons. The Morgan fingerprint density at radius 1 is 1.06 bits per heavy atom. The van der Waals surface area contributed by atoms with Crippen molar-refractivity contribution in [3.8, 4) is 40.0 Å². The molecule has 180 valence electrons. The Labute approximate surface area is 211 Å². The van der Waals surface area contributed by atoms with Gasteiger partial charge in [0, 0.05) is 6.54 Å². The van der Waals surface area contributed by atoms with Gasteiger partial charge in [0.2, 0.25) is 0 Å². The summed E-state index contributed by atoms with van der Waals surface area (Å²) in [7, 11) is 0. The predicted molar refractivity (Wildman–Crippen MR) is 142 cm³/mol. The lowest BCUT2D eigenvalue weighted by molar-refractivity contribution is 0.306. The minimum Gasteiger partial charge on any atom is -0.507 e. The van der Waals surface area contributed by atoms with E-state index in [0.717, 1.165) is 48.2 Å². The third-order valence-corrected chi connectivity index (χ3v) is 6.67. The lowest BCUT2D eigenvalue weighted by atomic mass is 9.88. The number of ether oxygens (including phenoxy) is 1. The number of hydrogen-bond donors (Lipinski definition) is 3. The SMILES string of the molecule is N#Cc1c(C2CCCNC2)cc(-c2c(O)cccc2OCc2ccccc2-c2ccccc2)nc1N. The molecule has 1 atom stereocenters. The molecule has 1 aliphatic heterocycles. The molecule has 36 heavy (non-hydrogen) atoms. The van der Waals surface area contributed by atoms with Gasteiger partial charge < -0.3 is 20.9 Å². The second kappa shape index (κ2) is 10.5. The maximum absolute atomic E-state index is 10.9. The van der Waals surface area contributed by atoms with Gasteiger partial charge in [0.25, 0.3) is 0 Å². The summed E-state index contributed by atoms with van der Waals surface area (Å²) in [6.07, 6.45) is 1.99. The predicted octanol–water partition coefficient (Wildman–Crippen LogP) is 5.62. The molecule has 0 spiro atoms. The van der Waals surface area contributed by atoms with Crippen LogP contribution in [0, 0.1) is 11.3 Å². The monoisotopic (exact) mass is 476 g/mol. The fourth-order valence-corrected chi connectivity index (χ4v) is 4.87. The number of piperidine rings is 1. The number of aromatic hydroxyl groups is 1. The quantitative estimate of drug-likeness (QED) is 0.334. The number of anilines is 1. The lowest BCUT2D eigenvalue weighted by Gasteiger charge is -2.25. The van der Waals surface area contributed by atoms with Crippen molar-refractivity contribution in [1.82, 2.24) is 10.3 Å². The van der Waals surface area contributed by atoms with Gasteiger partial charge in [0.1, 0.15) is 30.0 Å². The summed E-state index contributed by atoms with van der Waals surface area (Å²) >= 11 is 0. The van der Waals surface area contributed by atoms with Crippen molar-refractivity contribution in [2.24, 2.45) is 0 Å². The van der Waals surface area contributed by atoms with E-state index in [1.165, 1.54) is 0 Å². The van der Waals surface area contributed by atoms with Gasteiger partial charge in [-0.3, -0.25) is 0 Å². The van der Waals surface area contributed by atoms with E-state index >= 15 is 0 Å². The van der Waals surface area contributed by atoms with E-state index in [2.05, 4.69) is 34.6 Å². The molecule has 5 rings (SSSR count). The summed E-state index contributed by atoms with van der Waals surface area (Å²) in [5.41, 5.74) is 11.7. The molecule has 0 saturated carbocycles. The van der Waals surface area contributed by atoms with Crippen LogP contribution in [0.5, 0.6) is 11.5 Å². The maximum Gasteiger partial charge on any atom is 0.142 e. The molecule has 0 amide bonds. The van der Waals surface area contributed by atoms with Crippen LogP contribution in [0.25, 0.3) is 22.4 Å². The molecule has 1 fully saturated rings. The van der Waals surface area contributed by atoms with Crippen molar-refractivity contribution in [2.75, 3.05) is 18.8 Å². The van der Waals surface area contributed by atoms with Crippen molar-refractivity contribution in [3.63, 3.8) is 0 Å². The third kappa shape index (κ3) is 4.74. The minimum absolute atomic E-state index is 0.0492. The Kier molecular flexibility index (Phi) is 6.83. The number of pyridine rings is 1. The standard InChI is InChI=1S/C30H28N4O2/c31-17-25-24(21-11-7-15-33-18-21)16-26(34-30(25)32)29-27(35)13-6-14-28(29)36-19-22-10-4-5-12-23(22)20-8-2-1-3-9-20/h1-6,8-10,12-14,16,21,33,35H,7,11,15,18-19H2,(H2,32,34). The van der Waals surface area contributed by atoms with Gasteiger partial charge >= 0.3 is 0 Å². The largest absolute Gasteiger partial charge is 0.507 e. The van der Waals surface area contributed by atoms with Gasteiger partial charge in [-0.15, -0.1) is 0 Å². The number of hydrogen-bond acceptors (Lipinski definition) is 6. The van der Waals surface area contributed by atoms with Gasteiger partial charge in [0.15, 0.2) is 0 Å². The number of phenols is 1. The maximum atomic E-state index is 10.9. The average Bonchev–Trinajstić information content (AvgIpc) is 2.92. The first-order valence-electron chi connectivity index (χ1n) is 12.2. The highest BCUT2D eigenvalue weighted by molar-refractivity contribution is 5.77. The number of nitriles is 1. The Morgan fingerprint density at radius 2 is 1.86 bits per heavy atom. The van der Waals surface area contributed by atoms with Crippen LogP contribution >= 0.6 is 0 Å². The normalized spacial score (nSPS) is 15.2. The molecule has 1 aliphatic rings. The first-order valence-corrected chi connectivity index (χ1v) is 12.2. The Morgan fingerprint density at radius 3 is 2.64 bits per heavy atom. The number of benzene rings is 3. The van der Waals surface area contributed by atoms with Gasteiger partial charge in [-0.25, -0.2) is 4.98 Å². The highest BCUT2D eigenvalue weighted by Gasteiger charge is 2.24. The van der Waals surface area contributed by atoms with E-state index in [4.69, 9.17) is 10.5 Å². The lowest BCUT2D eigenvalue weighted by Crippen LogP contribution is -2.29. The molecule has 6 nitrogen and oxygen atoms in total. The zero-order valence-electron chi connectivity index (χ0n) is 19.9. The van der Waals surface area contributed by atoms with E-state index in [1.54, 1.807) is 12.1 Å². The van der Waals surface area contributed by atoms with Crippen molar-refractivity contribution in [3.05, 3.63) is 95.6 Å². The second-order valence-electron chi connectivity index (χ2n) is 8.97. The zero-order valence-corrected chi connectivity index (χ0v) is 19.9. The molecule has 1 unspecified atom stereocenters. The van der Waals surface area contributed by atoms with Crippen LogP contribution in [0.4, 0.5) is 5.82 Å². The van der Waals surface area contributed by atoms with E-state index in [9.17, 15) is 10.4 Å². The Balaban J connectivity index is 1.51. The molecule has 0 aliphatic carbocycles. The average molecular weight is 477 g/mol. The highest BCUT2D eigenvalue weighted by Crippen LogP contribution is 2.40. The molecule has 1 aromatic heterocycles. The number of phenolic OH excluding ortho intramolecular Hbond substituents is 1. The number of rotatable bonds is 6. The number of nitrogens with two attached hydrogens (primary N) is 1. The summed E-state index contributed by atoms with van der Waals surface area (Å²) < 4.78 is 6.28. The van der Waals surface area contributed by atoms with Crippen LogP contribution in [-0.4, -0.2) is 23.2 Å². The van der Waals surface area contributed by atoms with Crippen molar-refractivity contribution < 1.29 is 9.84 Å². The summed E-state index contributed by atoms with van der Waals surface area (Å²) in [5.74, 6) is 0.875. The van der Waals surface area contributed by atoms with E-state index in [-0.39, 0.29) is 17.5 Å². The molecule has 4 N–H and O–H groups in total. The van der Waals surface area contributed by atoms with E-state index < -0.39 is 0 Å². The molecular formula is C30H28N4O2. The van der Waals surface area contributed by atoms with Crippen LogP contribution in [0.1, 0.15) is 35.4 Å². The van der Waals surface area contributed by atoms with Crippen LogP contribution < -0.4 is 15.8 Å². The molecule has 6 heteroatoms. The van der Waals surface area contributed by atoms with Crippen molar-refractivity contribution in [1.29, 1.82) is 5.26 Å². The smallest absolute Gasteiger partial charge is 0.142 e. The van der Waals surface area contributed by atoms with E-state index in [1.807, 2.05) is 48.5 Å². The molecule has 0 bridgehead atoms. The summed E-state index contributed by atoms with van der Waals surface area (Å²) in [6.45, 7) is 2.05. The Bertz CT molecular complexity index is 1410. The molecule has 1 saturated heterocycles. The minimum atomic E-state index is 0.0492.